The lowest BCUT2D eigenvalue weighted by atomic mass is 9.85. The second-order valence-corrected chi connectivity index (χ2v) is 9.77. The van der Waals surface area contributed by atoms with E-state index in [1.54, 1.807) is 16.9 Å². The standard InChI is InChI=1S/C24H25N5O3/c1-23(2)17-4-3-15(11-16(17)13-18(23)30)12-19-26-22-21(25-8-10-29(22)27-19)28-9-7-24(14-28)6-5-20(31)32-24/h3-4,8,10-11H,5-7,9,12-14H2,1-2H3. The van der Waals surface area contributed by atoms with Crippen molar-refractivity contribution in [3.63, 3.8) is 0 Å². The van der Waals surface area contributed by atoms with Gasteiger partial charge >= 0.3 is 5.97 Å². The van der Waals surface area contributed by atoms with E-state index >= 15 is 0 Å². The molecule has 32 heavy (non-hydrogen) atoms. The molecule has 2 saturated heterocycles. The first kappa shape index (κ1) is 19.4. The predicted octanol–water partition coefficient (Wildman–Crippen LogP) is 2.40. The van der Waals surface area contributed by atoms with E-state index in [1.165, 1.54) is 0 Å². The fraction of sp³-hybridized carbons (Fsp3) is 0.458. The SMILES string of the molecule is CC1(C)C(=O)Cc2cc(Cc3nc4c(N5CCC6(CCC(=O)O6)C5)nccn4n3)ccc21. The molecule has 2 aromatic heterocycles. The molecular formula is C24H25N5O3. The van der Waals surface area contributed by atoms with Crippen LogP contribution in [0.3, 0.4) is 0 Å². The number of carbonyl (C=O) groups excluding carboxylic acids is 2. The Morgan fingerprint density at radius 2 is 2.06 bits per heavy atom. The van der Waals surface area contributed by atoms with Crippen LogP contribution in [0, 0.1) is 0 Å². The number of fused-ring (bicyclic) bond motifs is 2. The summed E-state index contributed by atoms with van der Waals surface area (Å²) in [6.07, 6.45) is 6.68. The number of hydrogen-bond donors (Lipinski definition) is 0. The van der Waals surface area contributed by atoms with Gasteiger partial charge in [0.2, 0.25) is 0 Å². The molecule has 0 radical (unpaired) electrons. The van der Waals surface area contributed by atoms with Gasteiger partial charge in [-0.25, -0.2) is 14.5 Å². The number of ether oxygens (including phenoxy) is 1. The van der Waals surface area contributed by atoms with Gasteiger partial charge in [0.25, 0.3) is 0 Å². The fourth-order valence-electron chi connectivity index (χ4n) is 5.37. The molecule has 2 aliphatic heterocycles. The maximum atomic E-state index is 12.3. The zero-order valence-electron chi connectivity index (χ0n) is 18.3. The summed E-state index contributed by atoms with van der Waals surface area (Å²) in [4.78, 5) is 35.5. The minimum absolute atomic E-state index is 0.109. The molecule has 1 aliphatic carbocycles. The number of hydrogen-bond acceptors (Lipinski definition) is 7. The number of ketones is 1. The number of esters is 1. The maximum absolute atomic E-state index is 12.3. The van der Waals surface area contributed by atoms with E-state index in [1.807, 2.05) is 13.8 Å². The summed E-state index contributed by atoms with van der Waals surface area (Å²) < 4.78 is 7.41. The van der Waals surface area contributed by atoms with E-state index in [0.29, 0.717) is 37.3 Å². The third kappa shape index (κ3) is 2.92. The van der Waals surface area contributed by atoms with Crippen LogP contribution in [0.15, 0.2) is 30.6 Å². The Morgan fingerprint density at radius 1 is 1.19 bits per heavy atom. The van der Waals surface area contributed by atoms with Crippen molar-refractivity contribution in [1.82, 2.24) is 19.6 Å². The Labute approximate surface area is 185 Å². The molecule has 0 amide bonds. The largest absolute Gasteiger partial charge is 0.457 e. The highest BCUT2D eigenvalue weighted by Crippen LogP contribution is 2.38. The molecule has 2 fully saturated rings. The van der Waals surface area contributed by atoms with Crippen LogP contribution in [0.2, 0.25) is 0 Å². The van der Waals surface area contributed by atoms with E-state index in [9.17, 15) is 9.59 Å². The van der Waals surface area contributed by atoms with Crippen molar-refractivity contribution in [3.05, 3.63) is 53.1 Å². The Morgan fingerprint density at radius 3 is 2.88 bits per heavy atom. The molecule has 3 aliphatic rings. The van der Waals surface area contributed by atoms with Crippen LogP contribution in [0.25, 0.3) is 5.65 Å². The second kappa shape index (κ2) is 6.60. The molecule has 0 N–H and O–H groups in total. The summed E-state index contributed by atoms with van der Waals surface area (Å²) in [6.45, 7) is 5.40. The third-order valence-electron chi connectivity index (χ3n) is 7.26. The lowest BCUT2D eigenvalue weighted by Gasteiger charge is -2.23. The predicted molar refractivity (Wildman–Crippen MR) is 117 cm³/mol. The van der Waals surface area contributed by atoms with Crippen molar-refractivity contribution >= 4 is 23.2 Å². The van der Waals surface area contributed by atoms with Gasteiger partial charge in [0.15, 0.2) is 17.3 Å². The molecule has 1 spiro atoms. The molecule has 4 heterocycles. The summed E-state index contributed by atoms with van der Waals surface area (Å²) in [7, 11) is 0. The van der Waals surface area contributed by atoms with Gasteiger partial charge < -0.3 is 9.64 Å². The summed E-state index contributed by atoms with van der Waals surface area (Å²) >= 11 is 0. The molecule has 1 atom stereocenters. The Hall–Kier alpha value is -3.29. The van der Waals surface area contributed by atoms with Crippen molar-refractivity contribution in [2.24, 2.45) is 0 Å². The maximum Gasteiger partial charge on any atom is 0.306 e. The van der Waals surface area contributed by atoms with E-state index in [2.05, 4.69) is 33.2 Å². The second-order valence-electron chi connectivity index (χ2n) is 9.77. The molecule has 6 rings (SSSR count). The number of Topliss-reactive ketones (excluding diaryl/α,β-unsaturated/α-hetero) is 1. The van der Waals surface area contributed by atoms with Gasteiger partial charge in [-0.2, -0.15) is 5.10 Å². The molecule has 1 unspecified atom stereocenters. The van der Waals surface area contributed by atoms with Crippen LogP contribution >= 0.6 is 0 Å². The molecule has 8 nitrogen and oxygen atoms in total. The van der Waals surface area contributed by atoms with Gasteiger partial charge in [-0.3, -0.25) is 9.59 Å². The first-order valence-electron chi connectivity index (χ1n) is 11.2. The lowest BCUT2D eigenvalue weighted by molar-refractivity contribution is -0.146. The molecule has 3 aromatic rings. The van der Waals surface area contributed by atoms with Crippen molar-refractivity contribution < 1.29 is 14.3 Å². The van der Waals surface area contributed by atoms with Crippen molar-refractivity contribution in [1.29, 1.82) is 0 Å². The molecule has 8 heteroatoms. The number of benzene rings is 1. The molecule has 0 bridgehead atoms. The van der Waals surface area contributed by atoms with Crippen LogP contribution in [0.4, 0.5) is 5.82 Å². The van der Waals surface area contributed by atoms with Crippen molar-refractivity contribution in [2.45, 2.75) is 57.0 Å². The topological polar surface area (TPSA) is 89.7 Å². The number of aromatic nitrogens is 4. The van der Waals surface area contributed by atoms with Crippen molar-refractivity contribution in [3.8, 4) is 0 Å². The average Bonchev–Trinajstić information content (AvgIpc) is 3.49. The van der Waals surface area contributed by atoms with Crippen LogP contribution in [-0.4, -0.2) is 50.0 Å². The van der Waals surface area contributed by atoms with Gasteiger partial charge in [0.05, 0.1) is 6.54 Å². The Bertz CT molecular complexity index is 1280. The van der Waals surface area contributed by atoms with E-state index in [0.717, 1.165) is 41.9 Å². The molecular weight excluding hydrogens is 406 g/mol. The summed E-state index contributed by atoms with van der Waals surface area (Å²) in [5.74, 6) is 1.64. The number of carbonyl (C=O) groups is 2. The van der Waals surface area contributed by atoms with E-state index in [-0.39, 0.29) is 17.4 Å². The minimum atomic E-state index is -0.406. The summed E-state index contributed by atoms with van der Waals surface area (Å²) in [5.41, 5.74) is 3.24. The zero-order valence-corrected chi connectivity index (χ0v) is 18.3. The lowest BCUT2D eigenvalue weighted by Crippen LogP contribution is -2.33. The van der Waals surface area contributed by atoms with Crippen molar-refractivity contribution in [2.75, 3.05) is 18.0 Å². The van der Waals surface area contributed by atoms with Crippen LogP contribution in [-0.2, 0) is 32.6 Å². The first-order valence-corrected chi connectivity index (χ1v) is 11.2. The zero-order chi connectivity index (χ0) is 22.1. The van der Waals surface area contributed by atoms with Gasteiger partial charge in [0.1, 0.15) is 11.4 Å². The smallest absolute Gasteiger partial charge is 0.306 e. The van der Waals surface area contributed by atoms with Gasteiger partial charge in [-0.05, 0) is 37.0 Å². The number of anilines is 1. The van der Waals surface area contributed by atoms with E-state index < -0.39 is 5.41 Å². The van der Waals surface area contributed by atoms with Crippen LogP contribution in [0.1, 0.15) is 55.6 Å². The van der Waals surface area contributed by atoms with Gasteiger partial charge in [-0.1, -0.05) is 18.2 Å². The third-order valence-corrected chi connectivity index (χ3v) is 7.26. The summed E-state index contributed by atoms with van der Waals surface area (Å²) in [5, 5.41) is 4.66. The van der Waals surface area contributed by atoms with Gasteiger partial charge in [0, 0.05) is 50.0 Å². The Kier molecular flexibility index (Phi) is 4.00. The number of nitrogens with zero attached hydrogens (tertiary/aromatic N) is 5. The van der Waals surface area contributed by atoms with Crippen LogP contribution < -0.4 is 4.90 Å². The molecule has 0 saturated carbocycles. The normalized spacial score (nSPS) is 24.0. The monoisotopic (exact) mass is 431 g/mol. The van der Waals surface area contributed by atoms with Crippen LogP contribution in [0.5, 0.6) is 0 Å². The van der Waals surface area contributed by atoms with E-state index in [4.69, 9.17) is 9.72 Å². The minimum Gasteiger partial charge on any atom is -0.457 e. The molecule has 164 valence electrons. The average molecular weight is 431 g/mol. The fourth-order valence-corrected chi connectivity index (χ4v) is 5.37. The highest BCUT2D eigenvalue weighted by Gasteiger charge is 2.46. The first-order chi connectivity index (χ1) is 15.3. The van der Waals surface area contributed by atoms with Gasteiger partial charge in [-0.15, -0.1) is 0 Å². The molecule has 1 aromatic carbocycles. The Balaban J connectivity index is 1.27. The highest BCUT2D eigenvalue weighted by molar-refractivity contribution is 5.95. The summed E-state index contributed by atoms with van der Waals surface area (Å²) in [6, 6.07) is 6.26. The highest BCUT2D eigenvalue weighted by atomic mass is 16.6. The number of rotatable bonds is 3. The quantitative estimate of drug-likeness (QED) is 0.588.